The molecule has 1 fully saturated rings. The van der Waals surface area contributed by atoms with Gasteiger partial charge >= 0.3 is 6.18 Å². The molecule has 0 bridgehead atoms. The molecule has 3 aromatic rings. The molecule has 196 valence electrons. The van der Waals surface area contributed by atoms with E-state index in [1.54, 1.807) is 42.5 Å². The van der Waals surface area contributed by atoms with Crippen molar-refractivity contribution >= 4 is 21.4 Å². The standard InChI is InChI=1S/C28H28F3NO4S/c1-27(28(29,30)31,36-18-21-5-3-2-4-6-21)23-11-13-24(14-12-23)32-26(33)17-20-9-15-25(16-10-20)37(34,35)19-22-7-8-22/h2-6,9-16,22H,7-8,17-19H2,1H3,(H,32,33). The highest BCUT2D eigenvalue weighted by atomic mass is 32.2. The fourth-order valence-electron chi connectivity index (χ4n) is 3.90. The summed E-state index contributed by atoms with van der Waals surface area (Å²) in [5, 5.41) is 2.67. The second-order valence-corrected chi connectivity index (χ2v) is 11.5. The number of anilines is 1. The molecule has 3 aromatic carbocycles. The summed E-state index contributed by atoms with van der Waals surface area (Å²) in [7, 11) is -3.33. The van der Waals surface area contributed by atoms with Crippen LogP contribution in [0.2, 0.25) is 0 Å². The number of nitrogens with one attached hydrogen (secondary N) is 1. The third kappa shape index (κ3) is 6.78. The number of hydrogen-bond donors (Lipinski definition) is 1. The van der Waals surface area contributed by atoms with Gasteiger partial charge in [-0.05, 0) is 66.6 Å². The van der Waals surface area contributed by atoms with Gasteiger partial charge in [-0.15, -0.1) is 0 Å². The summed E-state index contributed by atoms with van der Waals surface area (Å²) < 4.78 is 72.1. The number of benzene rings is 3. The van der Waals surface area contributed by atoms with E-state index in [1.165, 1.54) is 36.4 Å². The number of sulfone groups is 1. The number of rotatable bonds is 10. The van der Waals surface area contributed by atoms with Crippen LogP contribution in [0.25, 0.3) is 0 Å². The first kappa shape index (κ1) is 26.9. The van der Waals surface area contributed by atoms with Crippen LogP contribution in [0.3, 0.4) is 0 Å². The molecule has 5 nitrogen and oxygen atoms in total. The Labute approximate surface area is 214 Å². The van der Waals surface area contributed by atoms with Gasteiger partial charge in [-0.2, -0.15) is 13.2 Å². The average molecular weight is 532 g/mol. The lowest BCUT2D eigenvalue weighted by Gasteiger charge is -2.32. The second-order valence-electron chi connectivity index (χ2n) is 9.48. The summed E-state index contributed by atoms with van der Waals surface area (Å²) in [4.78, 5) is 12.7. The highest BCUT2D eigenvalue weighted by Crippen LogP contribution is 2.42. The van der Waals surface area contributed by atoms with Gasteiger partial charge in [0.25, 0.3) is 0 Å². The molecule has 0 heterocycles. The molecule has 1 saturated carbocycles. The van der Waals surface area contributed by atoms with Gasteiger partial charge in [-0.25, -0.2) is 8.42 Å². The van der Waals surface area contributed by atoms with Crippen LogP contribution in [0.4, 0.5) is 18.9 Å². The highest BCUT2D eigenvalue weighted by molar-refractivity contribution is 7.91. The van der Waals surface area contributed by atoms with Crippen LogP contribution in [0.15, 0.2) is 83.8 Å². The van der Waals surface area contributed by atoms with Crippen molar-refractivity contribution in [3.8, 4) is 0 Å². The number of halogens is 3. The predicted molar refractivity (Wildman–Crippen MR) is 135 cm³/mol. The topological polar surface area (TPSA) is 72.5 Å². The molecule has 1 aliphatic carbocycles. The van der Waals surface area contributed by atoms with E-state index < -0.39 is 21.6 Å². The average Bonchev–Trinajstić information content (AvgIpc) is 3.66. The van der Waals surface area contributed by atoms with Gasteiger partial charge in [0.1, 0.15) is 0 Å². The smallest absolute Gasteiger partial charge is 0.356 e. The van der Waals surface area contributed by atoms with E-state index in [1.807, 2.05) is 0 Å². The fourth-order valence-corrected chi connectivity index (χ4v) is 5.60. The van der Waals surface area contributed by atoms with Crippen LogP contribution in [-0.2, 0) is 38.0 Å². The third-order valence-electron chi connectivity index (χ3n) is 6.43. The van der Waals surface area contributed by atoms with Crippen LogP contribution < -0.4 is 5.32 Å². The second kappa shape index (κ2) is 10.7. The molecule has 0 saturated heterocycles. The number of hydrogen-bond acceptors (Lipinski definition) is 4. The van der Waals surface area contributed by atoms with Crippen molar-refractivity contribution in [1.29, 1.82) is 0 Å². The highest BCUT2D eigenvalue weighted by Gasteiger charge is 2.53. The summed E-state index contributed by atoms with van der Waals surface area (Å²) in [5.41, 5.74) is -1.04. The van der Waals surface area contributed by atoms with Gasteiger partial charge < -0.3 is 10.1 Å². The molecule has 0 spiro atoms. The zero-order valence-corrected chi connectivity index (χ0v) is 21.1. The van der Waals surface area contributed by atoms with Crippen LogP contribution in [0.1, 0.15) is 36.5 Å². The van der Waals surface area contributed by atoms with Crippen LogP contribution >= 0.6 is 0 Å². The zero-order chi connectivity index (χ0) is 26.7. The molecule has 1 N–H and O–H groups in total. The number of carbonyl (C=O) groups excluding carboxylic acids is 1. The molecule has 0 aromatic heterocycles. The van der Waals surface area contributed by atoms with E-state index >= 15 is 0 Å². The maximum absolute atomic E-state index is 14.0. The molecular formula is C28H28F3NO4S. The quantitative estimate of drug-likeness (QED) is 0.346. The molecule has 0 radical (unpaired) electrons. The lowest BCUT2D eigenvalue weighted by Crippen LogP contribution is -2.42. The summed E-state index contributed by atoms with van der Waals surface area (Å²) in [5.74, 6) is 0.0135. The number of amides is 1. The Morgan fingerprint density at radius 2 is 1.54 bits per heavy atom. The lowest BCUT2D eigenvalue weighted by molar-refractivity contribution is -0.281. The minimum absolute atomic E-state index is 0.00877. The van der Waals surface area contributed by atoms with Crippen LogP contribution in [0.5, 0.6) is 0 Å². The van der Waals surface area contributed by atoms with E-state index in [4.69, 9.17) is 4.74 Å². The Balaban J connectivity index is 1.38. The molecule has 1 atom stereocenters. The molecule has 1 unspecified atom stereocenters. The Morgan fingerprint density at radius 3 is 2.11 bits per heavy atom. The monoisotopic (exact) mass is 531 g/mol. The lowest BCUT2D eigenvalue weighted by atomic mass is 9.94. The van der Waals surface area contributed by atoms with Gasteiger partial charge in [0.05, 0.1) is 23.7 Å². The molecule has 4 rings (SSSR count). The Kier molecular flexibility index (Phi) is 7.75. The Morgan fingerprint density at radius 1 is 0.919 bits per heavy atom. The van der Waals surface area contributed by atoms with Crippen LogP contribution in [-0.4, -0.2) is 26.3 Å². The van der Waals surface area contributed by atoms with E-state index in [2.05, 4.69) is 5.32 Å². The van der Waals surface area contributed by atoms with Gasteiger partial charge in [0.2, 0.25) is 5.91 Å². The summed E-state index contributed by atoms with van der Waals surface area (Å²) in [6, 6.07) is 20.2. The van der Waals surface area contributed by atoms with Crippen molar-refractivity contribution in [2.75, 3.05) is 11.1 Å². The van der Waals surface area contributed by atoms with Gasteiger partial charge in [-0.1, -0.05) is 54.6 Å². The largest absolute Gasteiger partial charge is 0.421 e. The molecule has 1 amide bonds. The van der Waals surface area contributed by atoms with Crippen molar-refractivity contribution in [2.24, 2.45) is 5.92 Å². The predicted octanol–water partition coefficient (Wildman–Crippen LogP) is 6.05. The minimum atomic E-state index is -4.66. The van der Waals surface area contributed by atoms with Crippen molar-refractivity contribution in [1.82, 2.24) is 0 Å². The van der Waals surface area contributed by atoms with Crippen molar-refractivity contribution < 1.29 is 31.1 Å². The minimum Gasteiger partial charge on any atom is -0.356 e. The molecule has 9 heteroatoms. The van der Waals surface area contributed by atoms with Gasteiger partial charge in [0, 0.05) is 5.69 Å². The van der Waals surface area contributed by atoms with Crippen LogP contribution in [0, 0.1) is 5.92 Å². The van der Waals surface area contributed by atoms with E-state index in [-0.39, 0.29) is 41.1 Å². The molecule has 0 aliphatic heterocycles. The van der Waals surface area contributed by atoms with Crippen molar-refractivity contribution in [3.05, 3.63) is 95.6 Å². The molecule has 1 aliphatic rings. The fraction of sp³-hybridized carbons (Fsp3) is 0.321. The first-order chi connectivity index (χ1) is 17.5. The van der Waals surface area contributed by atoms with Crippen molar-refractivity contribution in [3.63, 3.8) is 0 Å². The first-order valence-corrected chi connectivity index (χ1v) is 13.6. The maximum Gasteiger partial charge on any atom is 0.421 e. The maximum atomic E-state index is 14.0. The van der Waals surface area contributed by atoms with Crippen molar-refractivity contribution in [2.45, 2.75) is 49.5 Å². The summed E-state index contributed by atoms with van der Waals surface area (Å²) >= 11 is 0. The number of ether oxygens (including phenoxy) is 1. The number of alkyl halides is 3. The molecular weight excluding hydrogens is 503 g/mol. The third-order valence-corrected chi connectivity index (χ3v) is 8.33. The SMILES string of the molecule is CC(OCc1ccccc1)(c1ccc(NC(=O)Cc2ccc(S(=O)(=O)CC3CC3)cc2)cc1)C(F)(F)F. The molecule has 37 heavy (non-hydrogen) atoms. The first-order valence-electron chi connectivity index (χ1n) is 11.9. The summed E-state index contributed by atoms with van der Waals surface area (Å²) in [6.45, 7) is 0.772. The normalized spacial score (nSPS) is 15.7. The summed E-state index contributed by atoms with van der Waals surface area (Å²) in [6.07, 6.45) is -2.79. The number of carbonyl (C=O) groups is 1. The zero-order valence-electron chi connectivity index (χ0n) is 20.3. The Hall–Kier alpha value is -3.17. The Bertz CT molecular complexity index is 1320. The van der Waals surface area contributed by atoms with E-state index in [0.717, 1.165) is 19.8 Å². The van der Waals surface area contributed by atoms with E-state index in [0.29, 0.717) is 16.8 Å². The van der Waals surface area contributed by atoms with Gasteiger partial charge in [-0.3, -0.25) is 4.79 Å². The van der Waals surface area contributed by atoms with Gasteiger partial charge in [0.15, 0.2) is 15.4 Å². The van der Waals surface area contributed by atoms with E-state index in [9.17, 15) is 26.4 Å².